The molecule has 0 heterocycles. The molecular formula is C18H23NO3S. The third-order valence-corrected chi connectivity index (χ3v) is 4.94. The first-order valence-corrected chi connectivity index (χ1v) is 9.43. The monoisotopic (exact) mass is 333 g/mol. The van der Waals surface area contributed by atoms with Gasteiger partial charge in [-0.2, -0.15) is 0 Å². The van der Waals surface area contributed by atoms with E-state index in [4.69, 9.17) is 5.11 Å². The van der Waals surface area contributed by atoms with Gasteiger partial charge in [0.05, 0.1) is 17.5 Å². The van der Waals surface area contributed by atoms with E-state index in [2.05, 4.69) is 23.5 Å². The summed E-state index contributed by atoms with van der Waals surface area (Å²) in [5.74, 6) is 0. The number of aryl methyl sites for hydroxylation is 2. The molecular weight excluding hydrogens is 310 g/mol. The van der Waals surface area contributed by atoms with Crippen molar-refractivity contribution < 1.29 is 13.5 Å². The van der Waals surface area contributed by atoms with Gasteiger partial charge < -0.3 is 10.4 Å². The average Bonchev–Trinajstić information content (AvgIpc) is 2.50. The molecule has 2 aromatic rings. The fraction of sp³-hybridized carbons (Fsp3) is 0.333. The lowest BCUT2D eigenvalue weighted by molar-refractivity contribution is 0.288. The van der Waals surface area contributed by atoms with Crippen molar-refractivity contribution in [2.24, 2.45) is 0 Å². The number of nitrogens with one attached hydrogen (secondary N) is 1. The van der Waals surface area contributed by atoms with Crippen LogP contribution in [0.25, 0.3) is 0 Å². The number of aliphatic hydroxyl groups is 1. The summed E-state index contributed by atoms with van der Waals surface area (Å²) in [6, 6.07) is 13.0. The number of benzene rings is 2. The quantitative estimate of drug-likeness (QED) is 0.852. The lowest BCUT2D eigenvalue weighted by atomic mass is 9.93. The molecule has 0 aliphatic rings. The van der Waals surface area contributed by atoms with Gasteiger partial charge in [0.1, 0.15) is 0 Å². The Hall–Kier alpha value is -1.69. The van der Waals surface area contributed by atoms with Crippen LogP contribution in [0.4, 0.5) is 0 Å². The van der Waals surface area contributed by atoms with Crippen LogP contribution in [0, 0.1) is 13.8 Å². The van der Waals surface area contributed by atoms with E-state index in [-0.39, 0.29) is 12.6 Å². The Balaban J connectivity index is 2.53. The van der Waals surface area contributed by atoms with Gasteiger partial charge >= 0.3 is 0 Å². The van der Waals surface area contributed by atoms with E-state index in [1.54, 1.807) is 18.2 Å². The van der Waals surface area contributed by atoms with Gasteiger partial charge in [-0.1, -0.05) is 35.9 Å². The Labute approximate surface area is 138 Å². The number of hydrogen-bond acceptors (Lipinski definition) is 4. The van der Waals surface area contributed by atoms with E-state index in [1.165, 1.54) is 6.26 Å². The summed E-state index contributed by atoms with van der Waals surface area (Å²) in [6.07, 6.45) is 1.21. The highest BCUT2D eigenvalue weighted by Crippen LogP contribution is 2.27. The summed E-state index contributed by atoms with van der Waals surface area (Å²) >= 11 is 0. The van der Waals surface area contributed by atoms with Crippen LogP contribution in [0.3, 0.4) is 0 Å². The standard InChI is InChI=1S/C18H23NO3S/c1-13-7-8-14(2)17(11-13)18(19-9-10-20)15-5-4-6-16(12-15)23(3,21)22/h4-8,11-12,18-20H,9-10H2,1-3H3/t18-/m1/s1. The third kappa shape index (κ3) is 4.41. The van der Waals surface area contributed by atoms with Crippen molar-refractivity contribution in [1.82, 2.24) is 5.32 Å². The molecule has 4 nitrogen and oxygen atoms in total. The van der Waals surface area contributed by atoms with Gasteiger partial charge in [-0.3, -0.25) is 0 Å². The largest absolute Gasteiger partial charge is 0.395 e. The van der Waals surface area contributed by atoms with E-state index in [0.29, 0.717) is 11.4 Å². The van der Waals surface area contributed by atoms with Gasteiger partial charge in [0.25, 0.3) is 0 Å². The maximum atomic E-state index is 11.8. The molecule has 0 amide bonds. The minimum absolute atomic E-state index is 0.0210. The normalized spacial score (nSPS) is 13.0. The Morgan fingerprint density at radius 3 is 2.52 bits per heavy atom. The van der Waals surface area contributed by atoms with Crippen LogP contribution in [0.1, 0.15) is 28.3 Å². The van der Waals surface area contributed by atoms with Crippen LogP contribution in [0.15, 0.2) is 47.4 Å². The zero-order valence-electron chi connectivity index (χ0n) is 13.7. The van der Waals surface area contributed by atoms with Crippen LogP contribution in [0.5, 0.6) is 0 Å². The molecule has 1 atom stereocenters. The number of sulfone groups is 1. The second-order valence-corrected chi connectivity index (χ2v) is 7.83. The fourth-order valence-electron chi connectivity index (χ4n) is 2.61. The first-order valence-electron chi connectivity index (χ1n) is 7.54. The minimum Gasteiger partial charge on any atom is -0.395 e. The summed E-state index contributed by atoms with van der Waals surface area (Å²) in [4.78, 5) is 0.302. The molecule has 2 aromatic carbocycles. The highest BCUT2D eigenvalue weighted by atomic mass is 32.2. The number of aliphatic hydroxyl groups excluding tert-OH is 1. The van der Waals surface area contributed by atoms with Gasteiger partial charge in [0.2, 0.25) is 0 Å². The first kappa shape index (κ1) is 17.7. The van der Waals surface area contributed by atoms with E-state index < -0.39 is 9.84 Å². The SMILES string of the molecule is Cc1ccc(C)c([C@H](NCCO)c2cccc(S(C)(=O)=O)c2)c1. The second kappa shape index (κ2) is 7.25. The molecule has 0 fully saturated rings. The molecule has 5 heteroatoms. The molecule has 2 N–H and O–H groups in total. The summed E-state index contributed by atoms with van der Waals surface area (Å²) in [6.45, 7) is 4.51. The third-order valence-electron chi connectivity index (χ3n) is 3.83. The summed E-state index contributed by atoms with van der Waals surface area (Å²) in [7, 11) is -3.26. The second-order valence-electron chi connectivity index (χ2n) is 5.82. The maximum absolute atomic E-state index is 11.8. The lowest BCUT2D eigenvalue weighted by Crippen LogP contribution is -2.26. The molecule has 2 rings (SSSR count). The smallest absolute Gasteiger partial charge is 0.175 e. The zero-order valence-corrected chi connectivity index (χ0v) is 14.5. The predicted octanol–water partition coefficient (Wildman–Crippen LogP) is 2.38. The molecule has 0 saturated carbocycles. The van der Waals surface area contributed by atoms with Crippen LogP contribution < -0.4 is 5.32 Å². The van der Waals surface area contributed by atoms with Gasteiger partial charge in [0.15, 0.2) is 9.84 Å². The molecule has 0 aliphatic heterocycles. The van der Waals surface area contributed by atoms with Crippen molar-refractivity contribution in [2.75, 3.05) is 19.4 Å². The van der Waals surface area contributed by atoms with Crippen molar-refractivity contribution in [3.63, 3.8) is 0 Å². The zero-order chi connectivity index (χ0) is 17.0. The Morgan fingerprint density at radius 2 is 1.87 bits per heavy atom. The molecule has 0 unspecified atom stereocenters. The molecule has 0 saturated heterocycles. The maximum Gasteiger partial charge on any atom is 0.175 e. The highest BCUT2D eigenvalue weighted by molar-refractivity contribution is 7.90. The fourth-order valence-corrected chi connectivity index (χ4v) is 3.29. The summed E-state index contributed by atoms with van der Waals surface area (Å²) in [5, 5.41) is 12.5. The van der Waals surface area contributed by atoms with E-state index in [9.17, 15) is 8.42 Å². The van der Waals surface area contributed by atoms with Crippen molar-refractivity contribution in [1.29, 1.82) is 0 Å². The van der Waals surface area contributed by atoms with Crippen molar-refractivity contribution in [2.45, 2.75) is 24.8 Å². The number of rotatable bonds is 6. The van der Waals surface area contributed by atoms with Crippen LogP contribution in [-0.4, -0.2) is 32.9 Å². The lowest BCUT2D eigenvalue weighted by Gasteiger charge is -2.22. The van der Waals surface area contributed by atoms with Crippen LogP contribution in [0.2, 0.25) is 0 Å². The van der Waals surface area contributed by atoms with Gasteiger partial charge in [-0.05, 0) is 42.7 Å². The van der Waals surface area contributed by atoms with Crippen molar-refractivity contribution in [3.05, 3.63) is 64.7 Å². The van der Waals surface area contributed by atoms with E-state index in [0.717, 1.165) is 22.3 Å². The molecule has 0 radical (unpaired) electrons. The van der Waals surface area contributed by atoms with Gasteiger partial charge in [-0.25, -0.2) is 8.42 Å². The molecule has 23 heavy (non-hydrogen) atoms. The van der Waals surface area contributed by atoms with E-state index in [1.807, 2.05) is 19.9 Å². The van der Waals surface area contributed by atoms with Crippen LogP contribution in [-0.2, 0) is 9.84 Å². The first-order chi connectivity index (χ1) is 10.8. The van der Waals surface area contributed by atoms with E-state index >= 15 is 0 Å². The summed E-state index contributed by atoms with van der Waals surface area (Å²) in [5.41, 5.74) is 4.22. The Morgan fingerprint density at radius 1 is 1.13 bits per heavy atom. The summed E-state index contributed by atoms with van der Waals surface area (Å²) < 4.78 is 23.6. The molecule has 0 aliphatic carbocycles. The minimum atomic E-state index is -3.26. The van der Waals surface area contributed by atoms with Gasteiger partial charge in [0, 0.05) is 12.8 Å². The average molecular weight is 333 g/mol. The van der Waals surface area contributed by atoms with Crippen molar-refractivity contribution >= 4 is 9.84 Å². The highest BCUT2D eigenvalue weighted by Gasteiger charge is 2.18. The topological polar surface area (TPSA) is 66.4 Å². The predicted molar refractivity (Wildman–Crippen MR) is 92.4 cm³/mol. The van der Waals surface area contributed by atoms with Crippen molar-refractivity contribution in [3.8, 4) is 0 Å². The number of hydrogen-bond donors (Lipinski definition) is 2. The molecule has 0 bridgehead atoms. The Bertz CT molecular complexity index is 785. The molecule has 0 spiro atoms. The molecule has 0 aromatic heterocycles. The van der Waals surface area contributed by atoms with Crippen LogP contribution >= 0.6 is 0 Å². The molecule has 124 valence electrons. The van der Waals surface area contributed by atoms with Gasteiger partial charge in [-0.15, -0.1) is 0 Å². The Kier molecular flexibility index (Phi) is 5.57.